The molecule has 1 unspecified atom stereocenters. The number of rotatable bonds is 5. The fourth-order valence-electron chi connectivity index (χ4n) is 2.85. The van der Waals surface area contributed by atoms with Crippen molar-refractivity contribution in [3.63, 3.8) is 0 Å². The van der Waals surface area contributed by atoms with Crippen molar-refractivity contribution in [2.75, 3.05) is 20.1 Å². The Labute approximate surface area is 147 Å². The number of hydrogen-bond acceptors (Lipinski definition) is 3. The summed E-state index contributed by atoms with van der Waals surface area (Å²) in [6.07, 6.45) is 2.91. The summed E-state index contributed by atoms with van der Waals surface area (Å²) in [5.74, 6) is 0. The first-order valence-electron chi connectivity index (χ1n) is 8.23. The number of halogens is 1. The standard InChI is InChI=1S/C18H27BrN2O2/c1-18(2,3)23-17(22)21(4)12-6-11-20-16-10-9-13-14(16)7-5-8-15(13)19/h5,7-8,16,20H,6,9-12H2,1-4H3. The number of ether oxygens (including phenoxy) is 1. The van der Waals surface area contributed by atoms with E-state index in [2.05, 4.69) is 39.4 Å². The molecule has 0 saturated carbocycles. The molecule has 0 radical (unpaired) electrons. The number of benzene rings is 1. The second kappa shape index (κ2) is 7.67. The Kier molecular flexibility index (Phi) is 6.09. The third kappa shape index (κ3) is 5.21. The highest BCUT2D eigenvalue weighted by Crippen LogP contribution is 2.35. The Morgan fingerprint density at radius 3 is 2.87 bits per heavy atom. The molecule has 5 heteroatoms. The smallest absolute Gasteiger partial charge is 0.410 e. The van der Waals surface area contributed by atoms with Crippen molar-refractivity contribution in [2.24, 2.45) is 0 Å². The van der Waals surface area contributed by atoms with Crippen LogP contribution in [0.2, 0.25) is 0 Å². The molecule has 0 heterocycles. The number of nitrogens with one attached hydrogen (secondary N) is 1. The monoisotopic (exact) mass is 382 g/mol. The lowest BCUT2D eigenvalue weighted by atomic mass is 10.1. The Hall–Kier alpha value is -1.07. The highest BCUT2D eigenvalue weighted by Gasteiger charge is 2.23. The van der Waals surface area contributed by atoms with E-state index >= 15 is 0 Å². The van der Waals surface area contributed by atoms with E-state index in [4.69, 9.17) is 4.74 Å². The lowest BCUT2D eigenvalue weighted by molar-refractivity contribution is 0.0297. The van der Waals surface area contributed by atoms with Gasteiger partial charge in [-0.2, -0.15) is 0 Å². The number of amides is 1. The zero-order valence-corrected chi connectivity index (χ0v) is 16.1. The molecule has 1 amide bonds. The van der Waals surface area contributed by atoms with Crippen LogP contribution in [-0.2, 0) is 11.2 Å². The first kappa shape index (κ1) is 18.3. The maximum Gasteiger partial charge on any atom is 0.410 e. The van der Waals surface area contributed by atoms with Gasteiger partial charge in [0.15, 0.2) is 0 Å². The molecule has 1 atom stereocenters. The van der Waals surface area contributed by atoms with Crippen molar-refractivity contribution in [1.82, 2.24) is 10.2 Å². The fraction of sp³-hybridized carbons (Fsp3) is 0.611. The quantitative estimate of drug-likeness (QED) is 0.772. The molecule has 1 N–H and O–H groups in total. The molecule has 0 bridgehead atoms. The highest BCUT2D eigenvalue weighted by atomic mass is 79.9. The highest BCUT2D eigenvalue weighted by molar-refractivity contribution is 9.10. The van der Waals surface area contributed by atoms with Gasteiger partial charge in [-0.3, -0.25) is 0 Å². The lowest BCUT2D eigenvalue weighted by Crippen LogP contribution is -2.35. The largest absolute Gasteiger partial charge is 0.444 e. The normalized spacial score (nSPS) is 17.0. The number of fused-ring (bicyclic) bond motifs is 1. The zero-order chi connectivity index (χ0) is 17.0. The van der Waals surface area contributed by atoms with Crippen LogP contribution in [0.15, 0.2) is 22.7 Å². The van der Waals surface area contributed by atoms with Gasteiger partial charge < -0.3 is 15.0 Å². The van der Waals surface area contributed by atoms with Gasteiger partial charge in [0.2, 0.25) is 0 Å². The minimum atomic E-state index is -0.440. The Morgan fingerprint density at radius 2 is 2.17 bits per heavy atom. The van der Waals surface area contributed by atoms with Gasteiger partial charge in [0, 0.05) is 24.1 Å². The van der Waals surface area contributed by atoms with Crippen LogP contribution in [0, 0.1) is 0 Å². The van der Waals surface area contributed by atoms with Crippen LogP contribution < -0.4 is 5.32 Å². The molecule has 128 valence electrons. The van der Waals surface area contributed by atoms with Crippen molar-refractivity contribution < 1.29 is 9.53 Å². The molecule has 0 aromatic heterocycles. The predicted octanol–water partition coefficient (Wildman–Crippen LogP) is 4.28. The van der Waals surface area contributed by atoms with Crippen LogP contribution in [0.3, 0.4) is 0 Å². The van der Waals surface area contributed by atoms with Crippen molar-refractivity contribution in [3.05, 3.63) is 33.8 Å². The number of carbonyl (C=O) groups excluding carboxylic acids is 1. The first-order valence-corrected chi connectivity index (χ1v) is 9.02. The summed E-state index contributed by atoms with van der Waals surface area (Å²) in [5.41, 5.74) is 2.39. The second-order valence-electron chi connectivity index (χ2n) is 7.11. The minimum absolute atomic E-state index is 0.257. The van der Waals surface area contributed by atoms with E-state index in [0.717, 1.165) is 25.8 Å². The van der Waals surface area contributed by atoms with Crippen molar-refractivity contribution in [3.8, 4) is 0 Å². The SMILES string of the molecule is CN(CCCNC1CCc2c(Br)cccc21)C(=O)OC(C)(C)C. The third-order valence-electron chi connectivity index (χ3n) is 3.98. The van der Waals surface area contributed by atoms with Gasteiger partial charge in [0.05, 0.1) is 0 Å². The van der Waals surface area contributed by atoms with Gasteiger partial charge in [0.1, 0.15) is 5.60 Å². The Bertz CT molecular complexity index is 554. The van der Waals surface area contributed by atoms with E-state index in [9.17, 15) is 4.79 Å². The number of hydrogen-bond donors (Lipinski definition) is 1. The van der Waals surface area contributed by atoms with Crippen LogP contribution in [0.25, 0.3) is 0 Å². The third-order valence-corrected chi connectivity index (χ3v) is 4.72. The van der Waals surface area contributed by atoms with Crippen molar-refractivity contribution in [2.45, 2.75) is 51.7 Å². The molecule has 1 aromatic carbocycles. The van der Waals surface area contributed by atoms with E-state index in [0.29, 0.717) is 12.6 Å². The van der Waals surface area contributed by atoms with Gasteiger partial charge in [-0.05, 0) is 63.8 Å². The molecule has 1 aliphatic rings. The summed E-state index contributed by atoms with van der Waals surface area (Å²) < 4.78 is 6.56. The van der Waals surface area contributed by atoms with E-state index < -0.39 is 5.60 Å². The fourth-order valence-corrected chi connectivity index (χ4v) is 3.43. The lowest BCUT2D eigenvalue weighted by Gasteiger charge is -2.24. The molecular formula is C18H27BrN2O2. The summed E-state index contributed by atoms with van der Waals surface area (Å²) in [6.45, 7) is 7.24. The Balaban J connectivity index is 1.73. The molecule has 4 nitrogen and oxygen atoms in total. The van der Waals surface area contributed by atoms with Crippen molar-refractivity contribution in [1.29, 1.82) is 0 Å². The van der Waals surface area contributed by atoms with Gasteiger partial charge in [-0.15, -0.1) is 0 Å². The van der Waals surface area contributed by atoms with Crippen LogP contribution in [-0.4, -0.2) is 36.7 Å². The average molecular weight is 383 g/mol. The summed E-state index contributed by atoms with van der Waals surface area (Å²) in [4.78, 5) is 13.5. The zero-order valence-electron chi connectivity index (χ0n) is 14.5. The molecule has 1 aromatic rings. The molecule has 0 saturated heterocycles. The van der Waals surface area contributed by atoms with E-state index in [1.54, 1.807) is 11.9 Å². The molecule has 0 fully saturated rings. The van der Waals surface area contributed by atoms with Gasteiger partial charge in [-0.25, -0.2) is 4.79 Å². The van der Waals surface area contributed by atoms with E-state index in [-0.39, 0.29) is 6.09 Å². The average Bonchev–Trinajstić information content (AvgIpc) is 2.86. The molecule has 1 aliphatic carbocycles. The van der Waals surface area contributed by atoms with Crippen LogP contribution in [0.5, 0.6) is 0 Å². The first-order chi connectivity index (χ1) is 10.8. The van der Waals surface area contributed by atoms with Crippen LogP contribution >= 0.6 is 15.9 Å². The van der Waals surface area contributed by atoms with Gasteiger partial charge >= 0.3 is 6.09 Å². The maximum atomic E-state index is 11.9. The van der Waals surface area contributed by atoms with Gasteiger partial charge in [-0.1, -0.05) is 28.1 Å². The predicted molar refractivity (Wildman–Crippen MR) is 96.7 cm³/mol. The van der Waals surface area contributed by atoms with Crippen LogP contribution in [0.1, 0.15) is 50.8 Å². The van der Waals surface area contributed by atoms with E-state index in [1.807, 2.05) is 20.8 Å². The van der Waals surface area contributed by atoms with Gasteiger partial charge in [0.25, 0.3) is 0 Å². The molecule has 0 aliphatic heterocycles. The summed E-state index contributed by atoms with van der Waals surface area (Å²) in [6, 6.07) is 6.84. The second-order valence-corrected chi connectivity index (χ2v) is 7.96. The summed E-state index contributed by atoms with van der Waals surface area (Å²) >= 11 is 3.63. The number of nitrogens with zero attached hydrogens (tertiary/aromatic N) is 1. The van der Waals surface area contributed by atoms with Crippen LogP contribution in [0.4, 0.5) is 4.79 Å². The van der Waals surface area contributed by atoms with E-state index in [1.165, 1.54) is 15.6 Å². The minimum Gasteiger partial charge on any atom is -0.444 e. The Morgan fingerprint density at radius 1 is 1.43 bits per heavy atom. The number of carbonyl (C=O) groups is 1. The molecule has 2 rings (SSSR count). The summed E-state index contributed by atoms with van der Waals surface area (Å²) in [5, 5.41) is 3.61. The molecule has 0 spiro atoms. The van der Waals surface area contributed by atoms with Crippen molar-refractivity contribution >= 4 is 22.0 Å². The maximum absolute atomic E-state index is 11.9. The summed E-state index contributed by atoms with van der Waals surface area (Å²) in [7, 11) is 1.79. The topological polar surface area (TPSA) is 41.6 Å². The molecular weight excluding hydrogens is 356 g/mol. The molecule has 23 heavy (non-hydrogen) atoms.